The first kappa shape index (κ1) is 13.5. The molecule has 7 heteroatoms. The molecule has 2 aromatic rings. The van der Waals surface area contributed by atoms with Crippen LogP contribution in [-0.2, 0) is 0 Å². The van der Waals surface area contributed by atoms with Gasteiger partial charge in [0, 0.05) is 16.2 Å². The number of carbonyl (C=O) groups is 1. The molecule has 3 N–H and O–H groups in total. The van der Waals surface area contributed by atoms with Crippen molar-refractivity contribution in [1.29, 1.82) is 0 Å². The van der Waals surface area contributed by atoms with Crippen LogP contribution in [0.25, 0.3) is 0 Å². The van der Waals surface area contributed by atoms with Crippen molar-refractivity contribution in [2.75, 3.05) is 5.32 Å². The van der Waals surface area contributed by atoms with Crippen LogP contribution in [0.1, 0.15) is 18.5 Å². The van der Waals surface area contributed by atoms with Crippen LogP contribution in [-0.4, -0.2) is 16.2 Å². The van der Waals surface area contributed by atoms with E-state index in [1.54, 1.807) is 12.4 Å². The van der Waals surface area contributed by atoms with Gasteiger partial charge in [0.15, 0.2) is 0 Å². The Morgan fingerprint density at radius 3 is 2.95 bits per heavy atom. The molecule has 0 fully saturated rings. The number of nitrogens with one attached hydrogen (secondary N) is 3. The van der Waals surface area contributed by atoms with Crippen molar-refractivity contribution in [1.82, 2.24) is 15.5 Å². The van der Waals surface area contributed by atoms with Gasteiger partial charge in [-0.2, -0.15) is 5.10 Å². The minimum Gasteiger partial charge on any atom is -0.331 e. The lowest BCUT2D eigenvalue weighted by molar-refractivity contribution is 0.249. The summed E-state index contributed by atoms with van der Waals surface area (Å²) in [5, 5.41) is 11.9. The Labute approximate surface area is 117 Å². The van der Waals surface area contributed by atoms with E-state index in [0.717, 1.165) is 5.56 Å². The van der Waals surface area contributed by atoms with E-state index in [-0.39, 0.29) is 17.9 Å². The van der Waals surface area contributed by atoms with Gasteiger partial charge in [-0.05, 0) is 41.1 Å². The molecule has 0 aliphatic heterocycles. The third kappa shape index (κ3) is 3.54. The number of carbonyl (C=O) groups excluding carboxylic acids is 1. The maximum absolute atomic E-state index is 12.9. The second-order valence-corrected chi connectivity index (χ2v) is 4.83. The Balaban J connectivity index is 1.98. The fourth-order valence-electron chi connectivity index (χ4n) is 1.53. The summed E-state index contributed by atoms with van der Waals surface area (Å²) < 4.78 is 13.4. The van der Waals surface area contributed by atoms with Gasteiger partial charge in [-0.3, -0.25) is 5.10 Å². The first-order chi connectivity index (χ1) is 9.06. The average molecular weight is 327 g/mol. The number of halogens is 2. The quantitative estimate of drug-likeness (QED) is 0.810. The molecule has 2 amide bonds. The molecule has 0 bridgehead atoms. The molecule has 19 heavy (non-hydrogen) atoms. The number of urea groups is 1. The number of aromatic amines is 1. The molecular formula is C12H12BrFN4O. The molecule has 0 radical (unpaired) electrons. The summed E-state index contributed by atoms with van der Waals surface area (Å²) in [6, 6.07) is 3.50. The fraction of sp³-hybridized carbons (Fsp3) is 0.167. The zero-order chi connectivity index (χ0) is 13.8. The van der Waals surface area contributed by atoms with Gasteiger partial charge in [0.2, 0.25) is 0 Å². The molecule has 100 valence electrons. The van der Waals surface area contributed by atoms with E-state index in [4.69, 9.17) is 0 Å². The number of hydrogen-bond acceptors (Lipinski definition) is 2. The molecule has 5 nitrogen and oxygen atoms in total. The maximum Gasteiger partial charge on any atom is 0.319 e. The number of hydrogen-bond donors (Lipinski definition) is 3. The molecular weight excluding hydrogens is 315 g/mol. The van der Waals surface area contributed by atoms with Gasteiger partial charge in [0.1, 0.15) is 5.82 Å². The average Bonchev–Trinajstić information content (AvgIpc) is 2.86. The molecule has 1 unspecified atom stereocenters. The lowest BCUT2D eigenvalue weighted by Crippen LogP contribution is -2.31. The molecule has 1 aromatic carbocycles. The zero-order valence-corrected chi connectivity index (χ0v) is 11.7. The highest BCUT2D eigenvalue weighted by atomic mass is 79.9. The Morgan fingerprint density at radius 1 is 1.53 bits per heavy atom. The third-order valence-corrected chi connectivity index (χ3v) is 3.20. The maximum atomic E-state index is 12.9. The molecule has 2 rings (SSSR count). The second kappa shape index (κ2) is 5.83. The van der Waals surface area contributed by atoms with Crippen molar-refractivity contribution in [3.05, 3.63) is 46.4 Å². The summed E-state index contributed by atoms with van der Waals surface area (Å²) >= 11 is 3.18. The number of benzene rings is 1. The normalized spacial score (nSPS) is 11.9. The van der Waals surface area contributed by atoms with Gasteiger partial charge < -0.3 is 10.6 Å². The van der Waals surface area contributed by atoms with E-state index >= 15 is 0 Å². The van der Waals surface area contributed by atoms with E-state index in [0.29, 0.717) is 10.2 Å². The van der Waals surface area contributed by atoms with Gasteiger partial charge in [-0.15, -0.1) is 0 Å². The Bertz CT molecular complexity index is 573. The van der Waals surface area contributed by atoms with E-state index in [1.165, 1.54) is 18.2 Å². The van der Waals surface area contributed by atoms with Crippen molar-refractivity contribution in [2.24, 2.45) is 0 Å². The number of anilines is 1. The van der Waals surface area contributed by atoms with Gasteiger partial charge in [-0.1, -0.05) is 0 Å². The standard InChI is InChI=1S/C12H12BrFN4O/c1-7(8-5-15-16-6-8)17-12(19)18-11-3-2-9(14)4-10(11)13/h2-7H,1H3,(H,15,16)(H2,17,18,19). The summed E-state index contributed by atoms with van der Waals surface area (Å²) in [7, 11) is 0. The molecule has 0 aliphatic carbocycles. The summed E-state index contributed by atoms with van der Waals surface area (Å²) in [6.07, 6.45) is 3.34. The zero-order valence-electron chi connectivity index (χ0n) is 10.1. The van der Waals surface area contributed by atoms with Crippen LogP contribution < -0.4 is 10.6 Å². The number of rotatable bonds is 3. The summed E-state index contributed by atoms with van der Waals surface area (Å²) in [4.78, 5) is 11.8. The number of amides is 2. The summed E-state index contributed by atoms with van der Waals surface area (Å²) in [5.41, 5.74) is 1.37. The Morgan fingerprint density at radius 2 is 2.32 bits per heavy atom. The van der Waals surface area contributed by atoms with Crippen molar-refractivity contribution >= 4 is 27.6 Å². The Kier molecular flexibility index (Phi) is 4.16. The van der Waals surface area contributed by atoms with E-state index in [1.807, 2.05) is 6.92 Å². The first-order valence-corrected chi connectivity index (χ1v) is 6.37. The molecule has 1 aromatic heterocycles. The summed E-state index contributed by atoms with van der Waals surface area (Å²) in [5.74, 6) is -0.371. The van der Waals surface area contributed by atoms with Crippen molar-refractivity contribution in [3.63, 3.8) is 0 Å². The van der Waals surface area contributed by atoms with E-state index in [2.05, 4.69) is 36.8 Å². The monoisotopic (exact) mass is 326 g/mol. The minimum atomic E-state index is -0.374. The van der Waals surface area contributed by atoms with Crippen LogP contribution in [0.15, 0.2) is 35.1 Å². The van der Waals surface area contributed by atoms with Gasteiger partial charge in [-0.25, -0.2) is 9.18 Å². The first-order valence-electron chi connectivity index (χ1n) is 5.57. The summed E-state index contributed by atoms with van der Waals surface area (Å²) in [6.45, 7) is 1.84. The minimum absolute atomic E-state index is 0.182. The third-order valence-electron chi connectivity index (χ3n) is 2.55. The lowest BCUT2D eigenvalue weighted by atomic mass is 10.2. The number of nitrogens with zero attached hydrogens (tertiary/aromatic N) is 1. The molecule has 1 heterocycles. The molecule has 0 saturated carbocycles. The molecule has 0 aliphatic rings. The molecule has 0 saturated heterocycles. The van der Waals surface area contributed by atoms with Crippen LogP contribution in [0.3, 0.4) is 0 Å². The van der Waals surface area contributed by atoms with Crippen LogP contribution in [0.5, 0.6) is 0 Å². The smallest absolute Gasteiger partial charge is 0.319 e. The highest BCUT2D eigenvalue weighted by Gasteiger charge is 2.11. The van der Waals surface area contributed by atoms with Crippen LogP contribution in [0.2, 0.25) is 0 Å². The van der Waals surface area contributed by atoms with Crippen molar-refractivity contribution in [2.45, 2.75) is 13.0 Å². The van der Waals surface area contributed by atoms with Gasteiger partial charge >= 0.3 is 6.03 Å². The van der Waals surface area contributed by atoms with Crippen LogP contribution in [0.4, 0.5) is 14.9 Å². The van der Waals surface area contributed by atoms with Gasteiger partial charge in [0.05, 0.1) is 17.9 Å². The van der Waals surface area contributed by atoms with E-state index < -0.39 is 0 Å². The molecule has 0 spiro atoms. The van der Waals surface area contributed by atoms with Crippen molar-refractivity contribution < 1.29 is 9.18 Å². The molecule has 1 atom stereocenters. The van der Waals surface area contributed by atoms with Crippen molar-refractivity contribution in [3.8, 4) is 0 Å². The number of aromatic nitrogens is 2. The predicted molar refractivity (Wildman–Crippen MR) is 73.3 cm³/mol. The van der Waals surface area contributed by atoms with Crippen LogP contribution >= 0.6 is 15.9 Å². The lowest BCUT2D eigenvalue weighted by Gasteiger charge is -2.13. The number of H-pyrrole nitrogens is 1. The Hall–Kier alpha value is -1.89. The topological polar surface area (TPSA) is 69.8 Å². The highest BCUT2D eigenvalue weighted by Crippen LogP contribution is 2.23. The van der Waals surface area contributed by atoms with E-state index in [9.17, 15) is 9.18 Å². The van der Waals surface area contributed by atoms with Crippen LogP contribution in [0, 0.1) is 5.82 Å². The fourth-order valence-corrected chi connectivity index (χ4v) is 1.98. The SMILES string of the molecule is CC(NC(=O)Nc1ccc(F)cc1Br)c1cn[nH]c1. The second-order valence-electron chi connectivity index (χ2n) is 3.98. The predicted octanol–water partition coefficient (Wildman–Crippen LogP) is 3.19. The highest BCUT2D eigenvalue weighted by molar-refractivity contribution is 9.10. The van der Waals surface area contributed by atoms with Gasteiger partial charge in [0.25, 0.3) is 0 Å². The largest absolute Gasteiger partial charge is 0.331 e.